The van der Waals surface area contributed by atoms with Gasteiger partial charge in [0.1, 0.15) is 0 Å². The van der Waals surface area contributed by atoms with Gasteiger partial charge in [0.25, 0.3) is 0 Å². The minimum atomic E-state index is 0.147. The van der Waals surface area contributed by atoms with Crippen LogP contribution in [-0.2, 0) is 0 Å². The van der Waals surface area contributed by atoms with Gasteiger partial charge in [-0.1, -0.05) is 80.5 Å². The summed E-state index contributed by atoms with van der Waals surface area (Å²) in [6.45, 7) is 25.9. The van der Waals surface area contributed by atoms with Gasteiger partial charge >= 0.3 is 0 Å². The van der Waals surface area contributed by atoms with Crippen molar-refractivity contribution in [2.75, 3.05) is 0 Å². The first-order valence-corrected chi connectivity index (χ1v) is 11.6. The van der Waals surface area contributed by atoms with Gasteiger partial charge in [-0.25, -0.2) is 0 Å². The van der Waals surface area contributed by atoms with Gasteiger partial charge in [-0.15, -0.1) is 6.58 Å². The molecule has 0 aliphatic heterocycles. The van der Waals surface area contributed by atoms with Crippen LogP contribution in [0.1, 0.15) is 73.6 Å². The number of fused-ring (bicyclic) bond motifs is 5. The molecule has 158 valence electrons. The van der Waals surface area contributed by atoms with Gasteiger partial charge in [0.15, 0.2) is 0 Å². The maximum Gasteiger partial charge on any atom is 0.0281 e. The molecule has 4 aliphatic rings. The molecule has 6 atom stereocenters. The van der Waals surface area contributed by atoms with E-state index in [1.807, 2.05) is 13.8 Å². The van der Waals surface area contributed by atoms with Gasteiger partial charge in [0, 0.05) is 5.41 Å². The minimum Gasteiger partial charge on any atom is -0.100 e. The molecule has 0 spiro atoms. The van der Waals surface area contributed by atoms with Crippen molar-refractivity contribution >= 4 is 0 Å². The van der Waals surface area contributed by atoms with E-state index >= 15 is 0 Å². The molecule has 0 heteroatoms. The normalized spacial score (nSPS) is 39.9. The number of rotatable bonds is 2. The molecule has 0 radical (unpaired) electrons. The van der Waals surface area contributed by atoms with E-state index in [0.717, 1.165) is 24.2 Å². The van der Waals surface area contributed by atoms with Crippen LogP contribution in [0.4, 0.5) is 0 Å². The summed E-state index contributed by atoms with van der Waals surface area (Å²) < 4.78 is 0. The Balaban J connectivity index is 0.000000552. The fourth-order valence-corrected chi connectivity index (χ4v) is 7.06. The zero-order valence-corrected chi connectivity index (χ0v) is 19.8. The molecule has 4 rings (SSSR count). The van der Waals surface area contributed by atoms with Crippen LogP contribution >= 0.6 is 0 Å². The van der Waals surface area contributed by atoms with Gasteiger partial charge in [-0.2, -0.15) is 0 Å². The van der Waals surface area contributed by atoms with E-state index in [0.29, 0.717) is 11.3 Å². The molecule has 0 aromatic heterocycles. The lowest BCUT2D eigenvalue weighted by Crippen LogP contribution is -2.43. The van der Waals surface area contributed by atoms with Crippen molar-refractivity contribution in [3.8, 4) is 0 Å². The molecule has 0 aromatic rings. The SMILES string of the molecule is C=C(C)C.C=C1C=C[C@@]2(C)C(=C1)CCC1C2=CC[C@@]2(C)C1C[C@H](C)[C@@H]2C(=C)CC. The Labute approximate surface area is 180 Å². The largest absolute Gasteiger partial charge is 0.100 e. The predicted octanol–water partition coefficient (Wildman–Crippen LogP) is 8.61. The summed E-state index contributed by atoms with van der Waals surface area (Å²) in [5, 5.41) is 0. The molecular formula is C29H42. The highest BCUT2D eigenvalue weighted by molar-refractivity contribution is 5.50. The van der Waals surface area contributed by atoms with E-state index in [-0.39, 0.29) is 5.41 Å². The number of allylic oxidation sites excluding steroid dienone is 9. The Morgan fingerprint density at radius 2 is 1.86 bits per heavy atom. The smallest absolute Gasteiger partial charge is 0.0281 e. The molecule has 0 nitrogen and oxygen atoms in total. The third kappa shape index (κ3) is 3.69. The van der Waals surface area contributed by atoms with E-state index < -0.39 is 0 Å². The van der Waals surface area contributed by atoms with Crippen LogP contribution in [0.3, 0.4) is 0 Å². The summed E-state index contributed by atoms with van der Waals surface area (Å²) in [5.74, 6) is 3.06. The summed E-state index contributed by atoms with van der Waals surface area (Å²) >= 11 is 0. The Kier molecular flexibility index (Phi) is 6.06. The molecule has 2 unspecified atom stereocenters. The first kappa shape index (κ1) is 22.1. The maximum atomic E-state index is 4.48. The highest BCUT2D eigenvalue weighted by Crippen LogP contribution is 2.66. The predicted molar refractivity (Wildman–Crippen MR) is 129 cm³/mol. The van der Waals surface area contributed by atoms with Crippen LogP contribution in [0.2, 0.25) is 0 Å². The fourth-order valence-electron chi connectivity index (χ4n) is 7.06. The van der Waals surface area contributed by atoms with Gasteiger partial charge < -0.3 is 0 Å². The molecule has 0 bridgehead atoms. The van der Waals surface area contributed by atoms with Crippen LogP contribution in [0.25, 0.3) is 0 Å². The third-order valence-corrected chi connectivity index (χ3v) is 8.28. The van der Waals surface area contributed by atoms with Gasteiger partial charge in [-0.3, -0.25) is 0 Å². The van der Waals surface area contributed by atoms with Crippen molar-refractivity contribution < 1.29 is 0 Å². The lowest BCUT2D eigenvalue weighted by Gasteiger charge is -2.52. The molecule has 0 saturated heterocycles. The van der Waals surface area contributed by atoms with E-state index in [1.54, 1.807) is 11.1 Å². The van der Waals surface area contributed by atoms with Crippen molar-refractivity contribution in [2.45, 2.75) is 73.6 Å². The summed E-state index contributed by atoms with van der Waals surface area (Å²) in [5.41, 5.74) is 7.69. The summed E-state index contributed by atoms with van der Waals surface area (Å²) in [6, 6.07) is 0. The minimum absolute atomic E-state index is 0.147. The van der Waals surface area contributed by atoms with Crippen LogP contribution in [0, 0.1) is 34.5 Å². The lowest BCUT2D eigenvalue weighted by atomic mass is 9.52. The number of hydrogen-bond donors (Lipinski definition) is 0. The number of hydrogen-bond acceptors (Lipinski definition) is 0. The molecule has 2 fully saturated rings. The average Bonchev–Trinajstić information content (AvgIpc) is 2.91. The zero-order valence-electron chi connectivity index (χ0n) is 19.8. The zero-order chi connectivity index (χ0) is 21.6. The highest BCUT2D eigenvalue weighted by atomic mass is 14.6. The lowest BCUT2D eigenvalue weighted by molar-refractivity contribution is 0.102. The molecule has 29 heavy (non-hydrogen) atoms. The van der Waals surface area contributed by atoms with Gasteiger partial charge in [0.05, 0.1) is 0 Å². The summed E-state index contributed by atoms with van der Waals surface area (Å²) in [6.07, 6.45) is 16.0. The summed E-state index contributed by atoms with van der Waals surface area (Å²) in [4.78, 5) is 0. The second-order valence-electron chi connectivity index (χ2n) is 10.8. The molecular weight excluding hydrogens is 348 g/mol. The molecule has 4 aliphatic carbocycles. The first-order chi connectivity index (χ1) is 13.5. The Morgan fingerprint density at radius 1 is 1.21 bits per heavy atom. The second-order valence-corrected chi connectivity index (χ2v) is 10.8. The van der Waals surface area contributed by atoms with Crippen molar-refractivity contribution in [1.29, 1.82) is 0 Å². The van der Waals surface area contributed by atoms with Crippen LogP contribution in [-0.4, -0.2) is 0 Å². The molecule has 0 heterocycles. The molecule has 0 N–H and O–H groups in total. The molecule has 0 aromatic carbocycles. The Bertz CT molecular complexity index is 796. The summed E-state index contributed by atoms with van der Waals surface area (Å²) in [7, 11) is 0. The quantitative estimate of drug-likeness (QED) is 0.414. The van der Waals surface area contributed by atoms with E-state index in [9.17, 15) is 0 Å². The van der Waals surface area contributed by atoms with Crippen LogP contribution < -0.4 is 0 Å². The van der Waals surface area contributed by atoms with E-state index in [2.05, 4.69) is 71.7 Å². The second kappa shape index (κ2) is 7.93. The third-order valence-electron chi connectivity index (χ3n) is 8.28. The van der Waals surface area contributed by atoms with E-state index in [1.165, 1.54) is 42.4 Å². The van der Waals surface area contributed by atoms with Crippen LogP contribution in [0.5, 0.6) is 0 Å². The first-order valence-electron chi connectivity index (χ1n) is 11.6. The van der Waals surface area contributed by atoms with Crippen molar-refractivity contribution in [3.05, 3.63) is 71.9 Å². The average molecular weight is 391 g/mol. The monoisotopic (exact) mass is 390 g/mol. The van der Waals surface area contributed by atoms with Gasteiger partial charge in [-0.05, 0) is 87.5 Å². The Hall–Kier alpha value is -1.56. The van der Waals surface area contributed by atoms with Gasteiger partial charge in [0.2, 0.25) is 0 Å². The van der Waals surface area contributed by atoms with E-state index in [4.69, 9.17) is 0 Å². The standard InChI is InChI=1S/C25H34.C4H8/c1-7-17(3)23-18(4)15-22-20-9-8-19-14-16(2)10-12-24(19,5)21(20)11-13-25(22,23)6;1-4(2)3/h10-12,14,18,20,22-23H,2-3,7-9,13,15H2,1,4-6H3;1H2,2-3H3/t18-,20?,22?,23-,24-,25-;/m0./s1. The van der Waals surface area contributed by atoms with Crippen LogP contribution in [0.15, 0.2) is 71.9 Å². The topological polar surface area (TPSA) is 0 Å². The Morgan fingerprint density at radius 3 is 2.48 bits per heavy atom. The van der Waals surface area contributed by atoms with Crippen molar-refractivity contribution in [1.82, 2.24) is 0 Å². The van der Waals surface area contributed by atoms with Crippen molar-refractivity contribution in [3.63, 3.8) is 0 Å². The fraction of sp³-hybridized carbons (Fsp3) is 0.586. The maximum absolute atomic E-state index is 4.48. The van der Waals surface area contributed by atoms with Crippen molar-refractivity contribution in [2.24, 2.45) is 34.5 Å². The molecule has 0 amide bonds. The molecule has 2 saturated carbocycles. The highest BCUT2D eigenvalue weighted by Gasteiger charge is 2.57.